The molecule has 0 saturated carbocycles. The standard InChI is InChI=1S/C30H31N3O3/c34-30(35)29(33-18-16-32(17-19-33)15-7-12-23-8-3-1-4-9-23)27-21-31-28-14-13-25(20-26(27)28)36-22-24-10-5-2-6-11-24/h1-14,20-21,29,31H,15-19,22H2,(H,34,35)/b12-7+. The molecule has 6 nitrogen and oxygen atoms in total. The number of fused-ring (bicyclic) bond motifs is 1. The minimum absolute atomic E-state index is 0.467. The Bertz CT molecular complexity index is 1310. The first-order valence-electron chi connectivity index (χ1n) is 12.4. The summed E-state index contributed by atoms with van der Waals surface area (Å²) < 4.78 is 6.01. The summed E-state index contributed by atoms with van der Waals surface area (Å²) >= 11 is 0. The number of H-pyrrole nitrogens is 1. The van der Waals surface area contributed by atoms with E-state index in [0.717, 1.165) is 47.4 Å². The molecule has 1 unspecified atom stereocenters. The van der Waals surface area contributed by atoms with Crippen LogP contribution in [-0.4, -0.2) is 58.6 Å². The molecule has 0 radical (unpaired) electrons. The van der Waals surface area contributed by atoms with Crippen LogP contribution in [0.15, 0.2) is 91.1 Å². The van der Waals surface area contributed by atoms with Crippen LogP contribution in [0.5, 0.6) is 5.75 Å². The van der Waals surface area contributed by atoms with Gasteiger partial charge in [0, 0.05) is 55.4 Å². The number of carboxylic acids is 1. The van der Waals surface area contributed by atoms with Gasteiger partial charge in [-0.1, -0.05) is 72.8 Å². The summed E-state index contributed by atoms with van der Waals surface area (Å²) in [5.74, 6) is -0.102. The summed E-state index contributed by atoms with van der Waals surface area (Å²) in [6.07, 6.45) is 6.14. The maximum atomic E-state index is 12.4. The number of carbonyl (C=O) groups is 1. The van der Waals surface area contributed by atoms with Gasteiger partial charge in [-0.3, -0.25) is 14.6 Å². The lowest BCUT2D eigenvalue weighted by Gasteiger charge is -2.37. The first kappa shape index (κ1) is 23.9. The first-order valence-corrected chi connectivity index (χ1v) is 12.4. The van der Waals surface area contributed by atoms with E-state index in [1.165, 1.54) is 5.56 Å². The molecule has 4 aromatic rings. The number of hydrogen-bond acceptors (Lipinski definition) is 4. The maximum Gasteiger partial charge on any atom is 0.325 e. The molecule has 1 fully saturated rings. The van der Waals surface area contributed by atoms with Crippen LogP contribution in [0.4, 0.5) is 0 Å². The zero-order chi connectivity index (χ0) is 24.7. The Labute approximate surface area is 211 Å². The highest BCUT2D eigenvalue weighted by molar-refractivity contribution is 5.90. The van der Waals surface area contributed by atoms with Gasteiger partial charge in [-0.25, -0.2) is 0 Å². The summed E-state index contributed by atoms with van der Waals surface area (Å²) in [6, 6.07) is 25.4. The van der Waals surface area contributed by atoms with Gasteiger partial charge in [0.15, 0.2) is 0 Å². The molecular weight excluding hydrogens is 450 g/mol. The topological polar surface area (TPSA) is 68.8 Å². The van der Waals surface area contributed by atoms with E-state index >= 15 is 0 Å². The third-order valence-electron chi connectivity index (χ3n) is 6.71. The predicted molar refractivity (Wildman–Crippen MR) is 143 cm³/mol. The van der Waals surface area contributed by atoms with Crippen molar-refractivity contribution in [3.05, 3.63) is 108 Å². The average Bonchev–Trinajstić information content (AvgIpc) is 3.32. The minimum atomic E-state index is -0.830. The Hall–Kier alpha value is -3.87. The molecule has 0 bridgehead atoms. The van der Waals surface area contributed by atoms with Crippen LogP contribution in [0, 0.1) is 0 Å². The van der Waals surface area contributed by atoms with Crippen LogP contribution in [0.3, 0.4) is 0 Å². The lowest BCUT2D eigenvalue weighted by Crippen LogP contribution is -2.49. The molecule has 2 N–H and O–H groups in total. The average molecular weight is 482 g/mol. The summed E-state index contributed by atoms with van der Waals surface area (Å²) in [5, 5.41) is 11.1. The minimum Gasteiger partial charge on any atom is -0.489 e. The van der Waals surface area contributed by atoms with Gasteiger partial charge in [0.2, 0.25) is 0 Å². The molecule has 36 heavy (non-hydrogen) atoms. The molecule has 0 spiro atoms. The quantitative estimate of drug-likeness (QED) is 0.344. The van der Waals surface area contributed by atoms with Gasteiger partial charge in [-0.2, -0.15) is 0 Å². The van der Waals surface area contributed by atoms with E-state index in [1.54, 1.807) is 0 Å². The van der Waals surface area contributed by atoms with Crippen LogP contribution in [0.1, 0.15) is 22.7 Å². The number of aromatic amines is 1. The molecular formula is C30H31N3O3. The summed E-state index contributed by atoms with van der Waals surface area (Å²) in [7, 11) is 0. The van der Waals surface area contributed by atoms with E-state index in [4.69, 9.17) is 4.74 Å². The van der Waals surface area contributed by atoms with E-state index in [1.807, 2.05) is 72.9 Å². The smallest absolute Gasteiger partial charge is 0.325 e. The van der Waals surface area contributed by atoms with Crippen LogP contribution in [-0.2, 0) is 11.4 Å². The predicted octanol–water partition coefficient (Wildman–Crippen LogP) is 5.20. The highest BCUT2D eigenvalue weighted by atomic mass is 16.5. The molecule has 0 aliphatic carbocycles. The molecule has 1 aliphatic rings. The van der Waals surface area contributed by atoms with Crippen molar-refractivity contribution in [2.24, 2.45) is 0 Å². The van der Waals surface area contributed by atoms with E-state index in [9.17, 15) is 9.90 Å². The van der Waals surface area contributed by atoms with Gasteiger partial charge >= 0.3 is 5.97 Å². The Balaban J connectivity index is 1.25. The fraction of sp³-hybridized carbons (Fsp3) is 0.233. The third kappa shape index (κ3) is 5.67. The van der Waals surface area contributed by atoms with Crippen LogP contribution in [0.2, 0.25) is 0 Å². The van der Waals surface area contributed by atoms with Gasteiger partial charge in [0.1, 0.15) is 18.4 Å². The monoisotopic (exact) mass is 481 g/mol. The van der Waals surface area contributed by atoms with Crippen LogP contribution in [0.25, 0.3) is 17.0 Å². The number of hydrogen-bond donors (Lipinski definition) is 2. The zero-order valence-electron chi connectivity index (χ0n) is 20.2. The molecule has 1 aliphatic heterocycles. The number of carboxylic acid groups (broad SMARTS) is 1. The number of rotatable bonds is 9. The second kappa shape index (κ2) is 11.2. The van der Waals surface area contributed by atoms with Gasteiger partial charge in [0.25, 0.3) is 0 Å². The van der Waals surface area contributed by atoms with Crippen molar-refractivity contribution in [3.8, 4) is 5.75 Å². The van der Waals surface area contributed by atoms with Crippen molar-refractivity contribution < 1.29 is 14.6 Å². The van der Waals surface area contributed by atoms with Crippen molar-refractivity contribution in [2.45, 2.75) is 12.6 Å². The second-order valence-corrected chi connectivity index (χ2v) is 9.12. The summed E-state index contributed by atoms with van der Waals surface area (Å²) in [5.41, 5.74) is 3.97. The highest BCUT2D eigenvalue weighted by Gasteiger charge is 2.32. The zero-order valence-corrected chi connectivity index (χ0v) is 20.2. The van der Waals surface area contributed by atoms with Crippen molar-refractivity contribution in [3.63, 3.8) is 0 Å². The van der Waals surface area contributed by atoms with Crippen molar-refractivity contribution >= 4 is 22.9 Å². The van der Waals surface area contributed by atoms with Crippen LogP contribution < -0.4 is 4.74 Å². The first-order chi connectivity index (χ1) is 17.7. The Morgan fingerprint density at radius 2 is 1.69 bits per heavy atom. The normalized spacial score (nSPS) is 15.9. The van der Waals surface area contributed by atoms with Crippen LogP contribution >= 0.6 is 0 Å². The molecule has 0 amide bonds. The highest BCUT2D eigenvalue weighted by Crippen LogP contribution is 2.32. The van der Waals surface area contributed by atoms with Gasteiger partial charge in [0.05, 0.1) is 0 Å². The fourth-order valence-electron chi connectivity index (χ4n) is 4.77. The molecule has 5 rings (SSSR count). The number of ether oxygens (including phenoxy) is 1. The molecule has 6 heteroatoms. The summed E-state index contributed by atoms with van der Waals surface area (Å²) in [4.78, 5) is 20.1. The lowest BCUT2D eigenvalue weighted by atomic mass is 10.0. The molecule has 1 aromatic heterocycles. The van der Waals surface area contributed by atoms with Gasteiger partial charge in [-0.15, -0.1) is 0 Å². The number of benzene rings is 3. The SMILES string of the molecule is O=C(O)C(c1c[nH]c2ccc(OCc3ccccc3)cc12)N1CCN(C/C=C/c2ccccc2)CC1. The van der Waals surface area contributed by atoms with E-state index in [2.05, 4.69) is 39.1 Å². The summed E-state index contributed by atoms with van der Waals surface area (Å²) in [6.45, 7) is 4.39. The van der Waals surface area contributed by atoms with E-state index in [-0.39, 0.29) is 0 Å². The van der Waals surface area contributed by atoms with E-state index < -0.39 is 12.0 Å². The molecule has 3 aromatic carbocycles. The molecule has 1 saturated heterocycles. The number of aromatic nitrogens is 1. The Morgan fingerprint density at radius 1 is 0.972 bits per heavy atom. The molecule has 184 valence electrons. The lowest BCUT2D eigenvalue weighted by molar-refractivity contribution is -0.144. The third-order valence-corrected chi connectivity index (χ3v) is 6.71. The van der Waals surface area contributed by atoms with Crippen molar-refractivity contribution in [1.29, 1.82) is 0 Å². The second-order valence-electron chi connectivity index (χ2n) is 9.12. The Kier molecular flexibility index (Phi) is 7.45. The number of nitrogens with one attached hydrogen (secondary N) is 1. The molecule has 2 heterocycles. The van der Waals surface area contributed by atoms with Gasteiger partial charge in [-0.05, 0) is 29.3 Å². The van der Waals surface area contributed by atoms with Crippen molar-refractivity contribution in [2.75, 3.05) is 32.7 Å². The number of aliphatic carboxylic acids is 1. The number of nitrogens with zero attached hydrogens (tertiary/aromatic N) is 2. The van der Waals surface area contributed by atoms with Gasteiger partial charge < -0.3 is 14.8 Å². The molecule has 1 atom stereocenters. The fourth-order valence-corrected chi connectivity index (χ4v) is 4.77. The maximum absolute atomic E-state index is 12.4. The van der Waals surface area contributed by atoms with Crippen molar-refractivity contribution in [1.82, 2.24) is 14.8 Å². The number of piperazine rings is 1. The Morgan fingerprint density at radius 3 is 2.42 bits per heavy atom. The largest absolute Gasteiger partial charge is 0.489 e. The van der Waals surface area contributed by atoms with E-state index in [0.29, 0.717) is 19.7 Å².